The van der Waals surface area contributed by atoms with Gasteiger partial charge in [-0.3, -0.25) is 15.5 Å². The van der Waals surface area contributed by atoms with Crippen LogP contribution in [0, 0.1) is 32.8 Å². The Kier molecular flexibility index (Phi) is 5.24. The van der Waals surface area contributed by atoms with Crippen LogP contribution in [-0.2, 0) is 0 Å². The highest BCUT2D eigenvalue weighted by Gasteiger charge is 2.51. The van der Waals surface area contributed by atoms with Crippen LogP contribution in [0.5, 0.6) is 5.75 Å². The van der Waals surface area contributed by atoms with Crippen LogP contribution in [0.4, 0.5) is 0 Å². The Bertz CT molecular complexity index is 866. The van der Waals surface area contributed by atoms with E-state index in [-0.39, 0.29) is 9.97 Å². The van der Waals surface area contributed by atoms with Gasteiger partial charge in [-0.2, -0.15) is 5.26 Å². The molecule has 2 aromatic rings. The molecule has 4 atom stereocenters. The quantitative estimate of drug-likeness (QED) is 0.649. The molecule has 0 amide bonds. The Morgan fingerprint density at radius 2 is 1.88 bits per heavy atom. The monoisotopic (exact) mass is 367 g/mol. The van der Waals surface area contributed by atoms with Gasteiger partial charge in [0.15, 0.2) is 0 Å². The highest BCUT2D eigenvalue weighted by Crippen LogP contribution is 2.50. The molecule has 1 N–H and O–H groups in total. The molecule has 1 heterocycles. The summed E-state index contributed by atoms with van der Waals surface area (Å²) < 4.78 is 5.24. The Morgan fingerprint density at radius 3 is 2.50 bits per heavy atom. The van der Waals surface area contributed by atoms with Crippen molar-refractivity contribution >= 4 is 16.8 Å². The largest absolute Gasteiger partial charge is 0.497 e. The SMILES string of the molecule is COc1cccc([C@H]2C(C#N)C(=N)S[C@@H](c3ccccc3)[C@H]2[N+](=O)[O-])c1. The Hall–Kier alpha value is -2.85. The number of benzene rings is 2. The normalized spacial score (nSPS) is 25.3. The molecule has 1 aliphatic rings. The van der Waals surface area contributed by atoms with Crippen molar-refractivity contribution in [2.75, 3.05) is 7.11 Å². The van der Waals surface area contributed by atoms with E-state index in [4.69, 9.17) is 10.1 Å². The summed E-state index contributed by atoms with van der Waals surface area (Å²) >= 11 is 1.10. The average molecular weight is 367 g/mol. The first-order valence-electron chi connectivity index (χ1n) is 8.04. The maximum Gasteiger partial charge on any atom is 0.237 e. The van der Waals surface area contributed by atoms with Crippen LogP contribution in [0.1, 0.15) is 22.3 Å². The zero-order chi connectivity index (χ0) is 18.7. The summed E-state index contributed by atoms with van der Waals surface area (Å²) in [7, 11) is 1.53. The van der Waals surface area contributed by atoms with Gasteiger partial charge in [-0.15, -0.1) is 0 Å². The molecule has 26 heavy (non-hydrogen) atoms. The third-order valence-corrected chi connectivity index (χ3v) is 5.88. The summed E-state index contributed by atoms with van der Waals surface area (Å²) in [6.45, 7) is 0. The van der Waals surface area contributed by atoms with E-state index in [1.807, 2.05) is 30.3 Å². The number of rotatable bonds is 4. The van der Waals surface area contributed by atoms with E-state index in [2.05, 4.69) is 6.07 Å². The first-order valence-corrected chi connectivity index (χ1v) is 8.92. The molecule has 0 radical (unpaired) electrons. The summed E-state index contributed by atoms with van der Waals surface area (Å²) in [6, 6.07) is 17.2. The topological polar surface area (TPSA) is 100 Å². The lowest BCUT2D eigenvalue weighted by Gasteiger charge is -2.35. The fraction of sp³-hybridized carbons (Fsp3) is 0.263. The number of hydrogen-bond donors (Lipinski definition) is 1. The molecule has 0 bridgehead atoms. The zero-order valence-corrected chi connectivity index (χ0v) is 14.8. The maximum absolute atomic E-state index is 12.0. The van der Waals surface area contributed by atoms with E-state index >= 15 is 0 Å². The second kappa shape index (κ2) is 7.58. The molecule has 1 unspecified atom stereocenters. The van der Waals surface area contributed by atoms with Crippen molar-refractivity contribution in [1.82, 2.24) is 0 Å². The van der Waals surface area contributed by atoms with Crippen molar-refractivity contribution < 1.29 is 9.66 Å². The predicted octanol–water partition coefficient (Wildman–Crippen LogP) is 4.03. The van der Waals surface area contributed by atoms with Crippen molar-refractivity contribution in [3.05, 3.63) is 75.8 Å². The van der Waals surface area contributed by atoms with Crippen LogP contribution >= 0.6 is 11.8 Å². The third-order valence-electron chi connectivity index (χ3n) is 4.56. The van der Waals surface area contributed by atoms with E-state index in [0.717, 1.165) is 17.3 Å². The van der Waals surface area contributed by atoms with Gasteiger partial charge in [0.1, 0.15) is 16.9 Å². The van der Waals surface area contributed by atoms with Gasteiger partial charge >= 0.3 is 0 Å². The van der Waals surface area contributed by atoms with Gasteiger partial charge in [0.05, 0.1) is 24.1 Å². The molecule has 1 aliphatic heterocycles. The number of nitrogens with zero attached hydrogens (tertiary/aromatic N) is 2. The summed E-state index contributed by atoms with van der Waals surface area (Å²) in [6.07, 6.45) is 0. The molecule has 2 aromatic carbocycles. The summed E-state index contributed by atoms with van der Waals surface area (Å²) in [5.41, 5.74) is 1.43. The molecule has 0 aromatic heterocycles. The Labute approximate surface area is 155 Å². The molecule has 3 rings (SSSR count). The summed E-state index contributed by atoms with van der Waals surface area (Å²) in [5.74, 6) is -1.01. The van der Waals surface area contributed by atoms with Gasteiger partial charge in [-0.25, -0.2) is 0 Å². The highest BCUT2D eigenvalue weighted by atomic mass is 32.2. The fourth-order valence-electron chi connectivity index (χ4n) is 3.36. The molecule has 7 heteroatoms. The molecular weight excluding hydrogens is 350 g/mol. The van der Waals surface area contributed by atoms with Crippen LogP contribution < -0.4 is 4.74 Å². The van der Waals surface area contributed by atoms with Crippen LogP contribution in [0.2, 0.25) is 0 Å². The van der Waals surface area contributed by atoms with Crippen molar-refractivity contribution in [1.29, 1.82) is 10.7 Å². The van der Waals surface area contributed by atoms with Gasteiger partial charge in [0, 0.05) is 4.92 Å². The lowest BCUT2D eigenvalue weighted by molar-refractivity contribution is -0.528. The number of hydrogen-bond acceptors (Lipinski definition) is 6. The first-order chi connectivity index (χ1) is 12.6. The van der Waals surface area contributed by atoms with Crippen molar-refractivity contribution in [3.63, 3.8) is 0 Å². The first kappa shape index (κ1) is 18.0. The van der Waals surface area contributed by atoms with Crippen molar-refractivity contribution in [2.45, 2.75) is 17.2 Å². The van der Waals surface area contributed by atoms with Crippen molar-refractivity contribution in [3.8, 4) is 11.8 Å². The molecule has 1 fully saturated rings. The molecule has 6 nitrogen and oxygen atoms in total. The number of ether oxygens (including phenoxy) is 1. The summed E-state index contributed by atoms with van der Waals surface area (Å²) in [5, 5.41) is 29.6. The minimum absolute atomic E-state index is 0.160. The molecule has 1 saturated heterocycles. The zero-order valence-electron chi connectivity index (χ0n) is 14.0. The number of thioether (sulfide) groups is 1. The van der Waals surface area contributed by atoms with E-state index in [0.29, 0.717) is 11.3 Å². The number of nitriles is 1. The number of nitro groups is 1. The second-order valence-corrected chi connectivity index (χ2v) is 7.18. The van der Waals surface area contributed by atoms with Crippen LogP contribution in [0.25, 0.3) is 0 Å². The predicted molar refractivity (Wildman–Crippen MR) is 100 cm³/mol. The summed E-state index contributed by atoms with van der Waals surface area (Å²) in [4.78, 5) is 11.7. The van der Waals surface area contributed by atoms with Crippen LogP contribution in [0.15, 0.2) is 54.6 Å². The van der Waals surface area contributed by atoms with E-state index < -0.39 is 23.1 Å². The molecule has 0 aliphatic carbocycles. The van der Waals surface area contributed by atoms with Gasteiger partial charge in [-0.05, 0) is 23.3 Å². The number of nitrogens with one attached hydrogen (secondary N) is 1. The van der Waals surface area contributed by atoms with E-state index in [9.17, 15) is 15.4 Å². The second-order valence-electron chi connectivity index (χ2n) is 6.00. The molecule has 132 valence electrons. The van der Waals surface area contributed by atoms with Gasteiger partial charge < -0.3 is 4.74 Å². The maximum atomic E-state index is 12.0. The van der Waals surface area contributed by atoms with Gasteiger partial charge in [0.2, 0.25) is 6.04 Å². The average Bonchev–Trinajstić information content (AvgIpc) is 2.67. The smallest absolute Gasteiger partial charge is 0.237 e. The van der Waals surface area contributed by atoms with E-state index in [1.54, 1.807) is 24.3 Å². The molecular formula is C19H17N3O3S. The van der Waals surface area contributed by atoms with Crippen LogP contribution in [-0.4, -0.2) is 23.1 Å². The fourth-order valence-corrected chi connectivity index (χ4v) is 4.68. The minimum atomic E-state index is -1.02. The van der Waals surface area contributed by atoms with Gasteiger partial charge in [-0.1, -0.05) is 54.2 Å². The Morgan fingerprint density at radius 1 is 1.19 bits per heavy atom. The number of methoxy groups -OCH3 is 1. The third kappa shape index (κ3) is 3.28. The lowest BCUT2D eigenvalue weighted by atomic mass is 9.78. The molecule has 0 spiro atoms. The highest BCUT2D eigenvalue weighted by molar-refractivity contribution is 8.14. The van der Waals surface area contributed by atoms with Gasteiger partial charge in [0.25, 0.3) is 0 Å². The minimum Gasteiger partial charge on any atom is -0.497 e. The van der Waals surface area contributed by atoms with Crippen molar-refractivity contribution in [2.24, 2.45) is 5.92 Å². The standard InChI is InChI=1S/C19H17N3O3S/c1-25-14-9-5-8-13(10-14)16-15(11-20)19(21)26-18(17(16)22(23)24)12-6-3-2-4-7-12/h2-10,15-18,21H,1H3/t15?,16-,17-,18-/m0/s1. The Balaban J connectivity index is 2.14. The lowest BCUT2D eigenvalue weighted by Crippen LogP contribution is -2.42. The van der Waals surface area contributed by atoms with Crippen LogP contribution in [0.3, 0.4) is 0 Å². The molecule has 0 saturated carbocycles. The van der Waals surface area contributed by atoms with E-state index in [1.165, 1.54) is 7.11 Å².